The first-order valence-electron chi connectivity index (χ1n) is 5.89. The van der Waals surface area contributed by atoms with Gasteiger partial charge in [0.1, 0.15) is 24.4 Å². The molecular formula is C11H18ClN3OSi. The van der Waals surface area contributed by atoms with Crippen LogP contribution >= 0.6 is 11.6 Å². The van der Waals surface area contributed by atoms with Gasteiger partial charge in [-0.05, 0) is 12.1 Å². The van der Waals surface area contributed by atoms with Crippen molar-refractivity contribution in [3.63, 3.8) is 0 Å². The van der Waals surface area contributed by atoms with Crippen LogP contribution in [0.1, 0.15) is 5.56 Å². The second-order valence-corrected chi connectivity index (χ2v) is 8.27. The average molecular weight is 272 g/mol. The third-order valence-corrected chi connectivity index (χ3v) is 4.43. The van der Waals surface area contributed by atoms with Crippen molar-refractivity contribution in [3.8, 4) is 0 Å². The highest BCUT2D eigenvalue weighted by atomic mass is 35.5. The molecule has 0 aromatic carbocycles. The molecule has 0 atom stereocenters. The molecule has 0 spiro atoms. The van der Waals surface area contributed by atoms with E-state index in [9.17, 15) is 0 Å². The van der Waals surface area contributed by atoms with Crippen LogP contribution in [0.2, 0.25) is 19.1 Å². The molecule has 6 heteroatoms. The topological polar surface area (TPSA) is 38.5 Å². The number of rotatable bonds is 5. The maximum Gasteiger partial charge on any atom is 0.136 e. The summed E-state index contributed by atoms with van der Waals surface area (Å²) in [5.74, 6) is 1.01. The van der Waals surface area contributed by atoms with Gasteiger partial charge in [0.15, 0.2) is 0 Å². The molecule has 1 aromatic heterocycles. The van der Waals surface area contributed by atoms with Gasteiger partial charge < -0.3 is 14.6 Å². The Kier molecular flexibility index (Phi) is 4.25. The monoisotopic (exact) mass is 271 g/mol. The fourth-order valence-corrected chi connectivity index (χ4v) is 2.54. The molecule has 0 aliphatic carbocycles. The summed E-state index contributed by atoms with van der Waals surface area (Å²) in [7, 11) is -0.506. The minimum absolute atomic E-state index is 0.506. The number of fused-ring (bicyclic) bond motifs is 1. The predicted octanol–water partition coefficient (Wildman–Crippen LogP) is 2.32. The second-order valence-electron chi connectivity index (χ2n) is 4.55. The average Bonchev–Trinajstić information content (AvgIpc) is 2.69. The van der Waals surface area contributed by atoms with Crippen LogP contribution in [0.4, 0.5) is 5.82 Å². The Labute approximate surface area is 108 Å². The molecule has 0 unspecified atom stereocenters. The molecule has 1 aliphatic heterocycles. The SMILES string of the molecule is C[SiH](C)CCOCn1ccc2c1NCN=C2Cl. The molecule has 94 valence electrons. The van der Waals surface area contributed by atoms with Crippen molar-refractivity contribution in [1.82, 2.24) is 4.57 Å². The molecule has 1 aromatic rings. The molecule has 0 saturated carbocycles. The van der Waals surface area contributed by atoms with Crippen LogP contribution in [0.3, 0.4) is 0 Å². The quantitative estimate of drug-likeness (QED) is 0.659. The molecule has 0 saturated heterocycles. The molecule has 4 nitrogen and oxygen atoms in total. The summed E-state index contributed by atoms with van der Waals surface area (Å²) in [6.07, 6.45) is 1.98. The van der Waals surface area contributed by atoms with Crippen molar-refractivity contribution < 1.29 is 4.74 Å². The van der Waals surface area contributed by atoms with Gasteiger partial charge in [0.05, 0.1) is 5.56 Å². The standard InChI is InChI=1S/C11H18ClN3OSi/c1-17(2)6-5-16-8-15-4-3-9-10(12)13-7-14-11(9)15/h3-4,14,17H,5-8H2,1-2H3. The van der Waals surface area contributed by atoms with Gasteiger partial charge in [-0.15, -0.1) is 0 Å². The van der Waals surface area contributed by atoms with E-state index in [2.05, 4.69) is 23.4 Å². The zero-order chi connectivity index (χ0) is 12.3. The molecule has 2 rings (SSSR count). The zero-order valence-electron chi connectivity index (χ0n) is 10.2. The molecule has 0 fully saturated rings. The number of anilines is 1. The van der Waals surface area contributed by atoms with Gasteiger partial charge in [-0.25, -0.2) is 0 Å². The normalized spacial score (nSPS) is 14.5. The molecule has 0 radical (unpaired) electrons. The Hall–Kier alpha value is -0.783. The molecule has 0 amide bonds. The van der Waals surface area contributed by atoms with Gasteiger partial charge in [0, 0.05) is 21.6 Å². The number of nitrogens with one attached hydrogen (secondary N) is 1. The number of hydrogen-bond donors (Lipinski definition) is 1. The molecule has 17 heavy (non-hydrogen) atoms. The number of ether oxygens (including phenoxy) is 1. The van der Waals surface area contributed by atoms with E-state index in [1.165, 1.54) is 6.04 Å². The highest BCUT2D eigenvalue weighted by Gasteiger charge is 2.15. The van der Waals surface area contributed by atoms with Crippen molar-refractivity contribution in [3.05, 3.63) is 17.8 Å². The van der Waals surface area contributed by atoms with E-state index in [0.717, 1.165) is 18.0 Å². The van der Waals surface area contributed by atoms with Crippen LogP contribution in [0.5, 0.6) is 0 Å². The first kappa shape index (κ1) is 12.7. The summed E-state index contributed by atoms with van der Waals surface area (Å²) in [6.45, 7) is 6.62. The molecule has 0 bridgehead atoms. The summed E-state index contributed by atoms with van der Waals surface area (Å²) in [6, 6.07) is 3.19. The van der Waals surface area contributed by atoms with Crippen LogP contribution in [0.25, 0.3) is 0 Å². The fraction of sp³-hybridized carbons (Fsp3) is 0.545. The number of halogens is 1. The van der Waals surface area contributed by atoms with E-state index in [-0.39, 0.29) is 0 Å². The summed E-state index contributed by atoms with van der Waals surface area (Å²) in [5, 5.41) is 3.79. The Morgan fingerprint density at radius 3 is 3.18 bits per heavy atom. The van der Waals surface area contributed by atoms with E-state index >= 15 is 0 Å². The van der Waals surface area contributed by atoms with E-state index < -0.39 is 8.80 Å². The second kappa shape index (κ2) is 5.71. The van der Waals surface area contributed by atoms with Crippen molar-refractivity contribution in [2.45, 2.75) is 25.9 Å². The van der Waals surface area contributed by atoms with E-state index in [0.29, 0.717) is 18.6 Å². The summed E-state index contributed by atoms with van der Waals surface area (Å²) < 4.78 is 7.70. The smallest absolute Gasteiger partial charge is 0.136 e. The fourth-order valence-electron chi connectivity index (χ4n) is 1.69. The lowest BCUT2D eigenvalue weighted by molar-refractivity contribution is 0.0891. The summed E-state index contributed by atoms with van der Waals surface area (Å²) >= 11 is 6.02. The number of nitrogens with zero attached hydrogens (tertiary/aromatic N) is 2. The Morgan fingerprint density at radius 1 is 1.59 bits per heavy atom. The third kappa shape index (κ3) is 3.11. The van der Waals surface area contributed by atoms with Crippen molar-refractivity contribution >= 4 is 31.4 Å². The van der Waals surface area contributed by atoms with E-state index in [1.54, 1.807) is 0 Å². The maximum atomic E-state index is 6.02. The first-order valence-corrected chi connectivity index (χ1v) is 9.40. The lowest BCUT2D eigenvalue weighted by Gasteiger charge is -2.15. The van der Waals surface area contributed by atoms with Gasteiger partial charge in [0.2, 0.25) is 0 Å². The lowest BCUT2D eigenvalue weighted by atomic mass is 10.3. The number of hydrogen-bond acceptors (Lipinski definition) is 3. The molecule has 1 aliphatic rings. The van der Waals surface area contributed by atoms with Crippen molar-refractivity contribution in [2.75, 3.05) is 18.6 Å². The molecule has 1 N–H and O–H groups in total. The summed E-state index contributed by atoms with van der Waals surface area (Å²) in [5.41, 5.74) is 0.958. The Balaban J connectivity index is 1.92. The highest BCUT2D eigenvalue weighted by Crippen LogP contribution is 2.23. The largest absolute Gasteiger partial charge is 0.361 e. The summed E-state index contributed by atoms with van der Waals surface area (Å²) in [4.78, 5) is 4.13. The predicted molar refractivity (Wildman–Crippen MR) is 74.9 cm³/mol. The van der Waals surface area contributed by atoms with Crippen LogP contribution in [0.15, 0.2) is 17.3 Å². The van der Waals surface area contributed by atoms with Crippen LogP contribution in [0, 0.1) is 0 Å². The number of aliphatic imine (C=N–C) groups is 1. The minimum atomic E-state index is -0.506. The van der Waals surface area contributed by atoms with Gasteiger partial charge in [-0.2, -0.15) is 0 Å². The van der Waals surface area contributed by atoms with E-state index in [4.69, 9.17) is 16.3 Å². The van der Waals surface area contributed by atoms with E-state index in [1.807, 2.05) is 16.8 Å². The zero-order valence-corrected chi connectivity index (χ0v) is 12.2. The van der Waals surface area contributed by atoms with Gasteiger partial charge >= 0.3 is 0 Å². The first-order chi connectivity index (χ1) is 8.18. The van der Waals surface area contributed by atoms with Crippen molar-refractivity contribution in [2.24, 2.45) is 4.99 Å². The van der Waals surface area contributed by atoms with Crippen LogP contribution in [-0.2, 0) is 11.5 Å². The van der Waals surface area contributed by atoms with Crippen LogP contribution < -0.4 is 5.32 Å². The van der Waals surface area contributed by atoms with Crippen LogP contribution in [-0.4, -0.2) is 31.8 Å². The Bertz CT molecular complexity index is 417. The Morgan fingerprint density at radius 2 is 2.41 bits per heavy atom. The maximum absolute atomic E-state index is 6.02. The number of aromatic nitrogens is 1. The van der Waals surface area contributed by atoms with Gasteiger partial charge in [-0.3, -0.25) is 4.99 Å². The highest BCUT2D eigenvalue weighted by molar-refractivity contribution is 6.70. The molecule has 2 heterocycles. The third-order valence-electron chi connectivity index (χ3n) is 2.72. The van der Waals surface area contributed by atoms with Crippen molar-refractivity contribution in [1.29, 1.82) is 0 Å². The lowest BCUT2D eigenvalue weighted by Crippen LogP contribution is -2.15. The van der Waals surface area contributed by atoms with Gasteiger partial charge in [0.25, 0.3) is 0 Å². The minimum Gasteiger partial charge on any atom is -0.361 e. The van der Waals surface area contributed by atoms with Gasteiger partial charge in [-0.1, -0.05) is 24.7 Å². The molecular weight excluding hydrogens is 254 g/mol.